The van der Waals surface area contributed by atoms with Gasteiger partial charge >= 0.3 is 0 Å². The van der Waals surface area contributed by atoms with Gasteiger partial charge < -0.3 is 4.74 Å². The highest BCUT2D eigenvalue weighted by molar-refractivity contribution is 7.98. The van der Waals surface area contributed by atoms with E-state index in [1.165, 1.54) is 5.56 Å². The maximum absolute atomic E-state index is 6.29. The van der Waals surface area contributed by atoms with Gasteiger partial charge in [-0.15, -0.1) is 10.2 Å². The minimum atomic E-state index is 0.618. The molecule has 2 aromatic carbocycles. The van der Waals surface area contributed by atoms with Gasteiger partial charge in [0.2, 0.25) is 0 Å². The van der Waals surface area contributed by atoms with Gasteiger partial charge in [0.25, 0.3) is 0 Å². The summed E-state index contributed by atoms with van der Waals surface area (Å²) in [6.45, 7) is 1.35. The SMILES string of the molecule is COc1ccccc1CN(C)Cc1nnc(SCc2ccncc2)n1-c1cccc(Cl)c1. The van der Waals surface area contributed by atoms with Gasteiger partial charge in [0, 0.05) is 35.3 Å². The van der Waals surface area contributed by atoms with E-state index in [4.69, 9.17) is 16.3 Å². The Kier molecular flexibility index (Phi) is 7.42. The summed E-state index contributed by atoms with van der Waals surface area (Å²) in [6.07, 6.45) is 3.60. The van der Waals surface area contributed by atoms with Crippen LogP contribution in [-0.4, -0.2) is 38.8 Å². The molecule has 8 heteroatoms. The van der Waals surface area contributed by atoms with Crippen LogP contribution < -0.4 is 4.74 Å². The number of aromatic nitrogens is 4. The molecule has 0 N–H and O–H groups in total. The van der Waals surface area contributed by atoms with Gasteiger partial charge in [-0.3, -0.25) is 14.5 Å². The van der Waals surface area contributed by atoms with Crippen LogP contribution in [0.25, 0.3) is 5.69 Å². The van der Waals surface area contributed by atoms with Crippen molar-refractivity contribution in [2.45, 2.75) is 24.0 Å². The summed E-state index contributed by atoms with van der Waals surface area (Å²) in [5.74, 6) is 2.50. The average molecular weight is 466 g/mol. The first-order valence-electron chi connectivity index (χ1n) is 10.2. The summed E-state index contributed by atoms with van der Waals surface area (Å²) in [5, 5.41) is 10.5. The van der Waals surface area contributed by atoms with Crippen LogP contribution in [0.3, 0.4) is 0 Å². The minimum Gasteiger partial charge on any atom is -0.496 e. The molecule has 164 valence electrons. The summed E-state index contributed by atoms with van der Waals surface area (Å²) in [4.78, 5) is 6.28. The molecular formula is C24H24ClN5OS. The quantitative estimate of drug-likeness (QED) is 0.315. The van der Waals surface area contributed by atoms with Crippen molar-refractivity contribution in [2.24, 2.45) is 0 Å². The zero-order valence-electron chi connectivity index (χ0n) is 18.0. The minimum absolute atomic E-state index is 0.618. The smallest absolute Gasteiger partial charge is 0.196 e. The number of halogens is 1. The number of pyridine rings is 1. The largest absolute Gasteiger partial charge is 0.496 e. The van der Waals surface area contributed by atoms with Gasteiger partial charge in [0.05, 0.1) is 19.3 Å². The lowest BCUT2D eigenvalue weighted by molar-refractivity contribution is 0.300. The van der Waals surface area contributed by atoms with Crippen LogP contribution in [0.2, 0.25) is 5.02 Å². The third-order valence-electron chi connectivity index (χ3n) is 4.93. The molecule has 0 radical (unpaired) electrons. The molecule has 0 unspecified atom stereocenters. The molecule has 0 amide bonds. The third kappa shape index (κ3) is 5.48. The molecule has 6 nitrogen and oxygen atoms in total. The molecule has 2 heterocycles. The zero-order valence-corrected chi connectivity index (χ0v) is 19.6. The van der Waals surface area contributed by atoms with E-state index in [1.807, 2.05) is 54.6 Å². The second-order valence-corrected chi connectivity index (χ2v) is 8.72. The fraction of sp³-hybridized carbons (Fsp3) is 0.208. The molecule has 2 aromatic heterocycles. The van der Waals surface area contributed by atoms with E-state index in [0.29, 0.717) is 11.6 Å². The number of hydrogen-bond donors (Lipinski definition) is 0. The molecule has 0 aliphatic heterocycles. The lowest BCUT2D eigenvalue weighted by Gasteiger charge is -2.19. The molecule has 4 rings (SSSR count). The monoisotopic (exact) mass is 465 g/mol. The topological polar surface area (TPSA) is 56.1 Å². The second-order valence-electron chi connectivity index (χ2n) is 7.34. The van der Waals surface area contributed by atoms with Crippen LogP contribution in [0.15, 0.2) is 78.2 Å². The molecule has 4 aromatic rings. The first-order valence-corrected chi connectivity index (χ1v) is 11.5. The third-order valence-corrected chi connectivity index (χ3v) is 6.16. The summed E-state index contributed by atoms with van der Waals surface area (Å²) in [7, 11) is 3.76. The highest BCUT2D eigenvalue weighted by Gasteiger charge is 2.17. The number of ether oxygens (including phenoxy) is 1. The molecule has 0 fully saturated rings. The molecule has 32 heavy (non-hydrogen) atoms. The normalized spacial score (nSPS) is 11.1. The van der Waals surface area contributed by atoms with Crippen molar-refractivity contribution in [2.75, 3.05) is 14.2 Å². The van der Waals surface area contributed by atoms with Crippen molar-refractivity contribution in [3.63, 3.8) is 0 Å². The number of thioether (sulfide) groups is 1. The molecule has 0 aliphatic carbocycles. The van der Waals surface area contributed by atoms with E-state index in [1.54, 1.807) is 31.3 Å². The van der Waals surface area contributed by atoms with E-state index in [9.17, 15) is 0 Å². The summed E-state index contributed by atoms with van der Waals surface area (Å²) < 4.78 is 7.58. The van der Waals surface area contributed by atoms with Gasteiger partial charge in [0.1, 0.15) is 5.75 Å². The van der Waals surface area contributed by atoms with Crippen LogP contribution in [0.5, 0.6) is 5.75 Å². The fourth-order valence-corrected chi connectivity index (χ4v) is 4.53. The number of para-hydroxylation sites is 1. The first kappa shape index (κ1) is 22.3. The number of nitrogens with zero attached hydrogens (tertiary/aromatic N) is 5. The van der Waals surface area contributed by atoms with Crippen LogP contribution in [-0.2, 0) is 18.8 Å². The first-order chi connectivity index (χ1) is 15.6. The predicted octanol–water partition coefficient (Wildman–Crippen LogP) is 5.25. The number of benzene rings is 2. The van der Waals surface area contributed by atoms with Gasteiger partial charge in [-0.25, -0.2) is 0 Å². The van der Waals surface area contributed by atoms with Gasteiger partial charge in [0.15, 0.2) is 11.0 Å². The van der Waals surface area contributed by atoms with E-state index >= 15 is 0 Å². The molecule has 0 saturated heterocycles. The Morgan fingerprint density at radius 2 is 1.81 bits per heavy atom. The van der Waals surface area contributed by atoms with Crippen molar-refractivity contribution in [3.8, 4) is 11.4 Å². The lowest BCUT2D eigenvalue weighted by Crippen LogP contribution is -2.20. The summed E-state index contributed by atoms with van der Waals surface area (Å²) in [6, 6.07) is 19.8. The number of methoxy groups -OCH3 is 1. The fourth-order valence-electron chi connectivity index (χ4n) is 3.42. The van der Waals surface area contributed by atoms with Crippen molar-refractivity contribution < 1.29 is 4.74 Å². The Balaban J connectivity index is 1.59. The van der Waals surface area contributed by atoms with Crippen LogP contribution >= 0.6 is 23.4 Å². The van der Waals surface area contributed by atoms with Gasteiger partial charge in [-0.2, -0.15) is 0 Å². The Hall–Kier alpha value is -2.87. The van der Waals surface area contributed by atoms with Gasteiger partial charge in [-0.05, 0) is 49.0 Å². The van der Waals surface area contributed by atoms with Crippen LogP contribution in [0, 0.1) is 0 Å². The Bertz CT molecular complexity index is 1170. The van der Waals surface area contributed by atoms with E-state index in [-0.39, 0.29) is 0 Å². The summed E-state index contributed by atoms with van der Waals surface area (Å²) in [5.41, 5.74) is 3.25. The Morgan fingerprint density at radius 1 is 1.00 bits per heavy atom. The van der Waals surface area contributed by atoms with Crippen LogP contribution in [0.1, 0.15) is 17.0 Å². The van der Waals surface area contributed by atoms with E-state index in [2.05, 4.69) is 37.8 Å². The predicted molar refractivity (Wildman–Crippen MR) is 128 cm³/mol. The van der Waals surface area contributed by atoms with Crippen LogP contribution in [0.4, 0.5) is 0 Å². The van der Waals surface area contributed by atoms with Crippen molar-refractivity contribution in [3.05, 3.63) is 95.0 Å². The highest BCUT2D eigenvalue weighted by atomic mass is 35.5. The lowest BCUT2D eigenvalue weighted by atomic mass is 10.2. The van der Waals surface area contributed by atoms with Gasteiger partial charge in [-0.1, -0.05) is 47.6 Å². The van der Waals surface area contributed by atoms with Crippen molar-refractivity contribution in [1.29, 1.82) is 0 Å². The highest BCUT2D eigenvalue weighted by Crippen LogP contribution is 2.27. The molecule has 0 saturated carbocycles. The van der Waals surface area contributed by atoms with Crippen molar-refractivity contribution >= 4 is 23.4 Å². The Labute approximate surface area is 197 Å². The standard InChI is InChI=1S/C24H24ClN5OS/c1-29(15-19-6-3-4-9-22(19)31-2)16-23-27-28-24(32-17-18-10-12-26-13-11-18)30(23)21-8-5-7-20(25)14-21/h3-14H,15-17H2,1-2H3. The Morgan fingerprint density at radius 3 is 2.59 bits per heavy atom. The zero-order chi connectivity index (χ0) is 22.3. The van der Waals surface area contributed by atoms with Crippen molar-refractivity contribution in [1.82, 2.24) is 24.6 Å². The number of rotatable bonds is 9. The molecule has 0 spiro atoms. The maximum Gasteiger partial charge on any atom is 0.196 e. The van der Waals surface area contributed by atoms with E-state index in [0.717, 1.165) is 40.3 Å². The average Bonchev–Trinajstić information content (AvgIpc) is 3.21. The molecule has 0 bridgehead atoms. The molecular weight excluding hydrogens is 442 g/mol. The molecule has 0 aliphatic rings. The maximum atomic E-state index is 6.29. The summed E-state index contributed by atoms with van der Waals surface area (Å²) >= 11 is 7.93. The second kappa shape index (κ2) is 10.6. The van der Waals surface area contributed by atoms with E-state index < -0.39 is 0 Å². The number of hydrogen-bond acceptors (Lipinski definition) is 6. The molecule has 0 atom stereocenters.